The van der Waals surface area contributed by atoms with E-state index in [-0.39, 0.29) is 5.84 Å². The molecule has 78 valence electrons. The van der Waals surface area contributed by atoms with Gasteiger partial charge in [0.1, 0.15) is 5.84 Å². The topological polar surface area (TPSA) is 90.5 Å². The van der Waals surface area contributed by atoms with E-state index in [1.165, 1.54) is 21.1 Å². The minimum atomic E-state index is -3.48. The Hall–Kier alpha value is -0.660. The van der Waals surface area contributed by atoms with Crippen molar-refractivity contribution in [1.29, 1.82) is 5.41 Å². The average Bonchev–Trinajstić information content (AvgIpc) is 2.01. The van der Waals surface area contributed by atoms with Gasteiger partial charge in [-0.15, -0.1) is 0 Å². The maximum atomic E-state index is 11.5. The highest BCUT2D eigenvalue weighted by atomic mass is 32.2. The Bertz CT molecular complexity index is 285. The molecule has 0 aromatic heterocycles. The van der Waals surface area contributed by atoms with Crippen LogP contribution in [0.15, 0.2) is 0 Å². The number of nitrogens with zero attached hydrogens (tertiary/aromatic N) is 2. The molecule has 0 fully saturated rings. The van der Waals surface area contributed by atoms with Crippen LogP contribution >= 0.6 is 0 Å². The summed E-state index contributed by atoms with van der Waals surface area (Å²) in [5.41, 5.74) is 5.19. The third kappa shape index (κ3) is 2.64. The third-order valence-corrected chi connectivity index (χ3v) is 3.79. The highest BCUT2D eigenvalue weighted by Gasteiger charge is 2.26. The van der Waals surface area contributed by atoms with E-state index in [4.69, 9.17) is 11.1 Å². The largest absolute Gasteiger partial charge is 0.386 e. The number of amidine groups is 1. The fourth-order valence-electron chi connectivity index (χ4n) is 0.653. The Kier molecular flexibility index (Phi) is 3.83. The van der Waals surface area contributed by atoms with Crippen LogP contribution in [0.1, 0.15) is 6.92 Å². The third-order valence-electron chi connectivity index (χ3n) is 1.82. The van der Waals surface area contributed by atoms with E-state index in [2.05, 4.69) is 0 Å². The van der Waals surface area contributed by atoms with Crippen LogP contribution < -0.4 is 5.73 Å². The van der Waals surface area contributed by atoms with Crippen molar-refractivity contribution in [1.82, 2.24) is 8.61 Å². The molecular formula is C6H16N4O2S. The number of hydrogen-bond donors (Lipinski definition) is 2. The predicted octanol–water partition coefficient (Wildman–Crippen LogP) is -0.951. The summed E-state index contributed by atoms with van der Waals surface area (Å²) >= 11 is 0. The van der Waals surface area contributed by atoms with Crippen molar-refractivity contribution in [2.45, 2.75) is 13.0 Å². The lowest BCUT2D eigenvalue weighted by Gasteiger charge is -2.25. The monoisotopic (exact) mass is 208 g/mol. The molecule has 6 nitrogen and oxygen atoms in total. The molecule has 0 aliphatic carbocycles. The van der Waals surface area contributed by atoms with Crippen LogP contribution in [-0.2, 0) is 10.2 Å². The first kappa shape index (κ1) is 12.3. The summed E-state index contributed by atoms with van der Waals surface area (Å²) < 4.78 is 25.1. The van der Waals surface area contributed by atoms with E-state index < -0.39 is 16.3 Å². The molecule has 0 aromatic rings. The number of rotatable bonds is 4. The first-order valence-electron chi connectivity index (χ1n) is 3.70. The summed E-state index contributed by atoms with van der Waals surface area (Å²) in [6, 6.07) is -0.618. The number of likely N-dealkylation sites (N-methyl/N-ethyl adjacent to an activating group) is 1. The second-order valence-electron chi connectivity index (χ2n) is 2.94. The summed E-state index contributed by atoms with van der Waals surface area (Å²) in [6.07, 6.45) is 0. The Balaban J connectivity index is 4.80. The van der Waals surface area contributed by atoms with Gasteiger partial charge in [-0.3, -0.25) is 5.41 Å². The smallest absolute Gasteiger partial charge is 0.281 e. The molecule has 0 amide bonds. The highest BCUT2D eigenvalue weighted by molar-refractivity contribution is 7.86. The Morgan fingerprint density at radius 3 is 2.00 bits per heavy atom. The number of nitrogens with one attached hydrogen (secondary N) is 1. The summed E-state index contributed by atoms with van der Waals surface area (Å²) in [4.78, 5) is 0. The molecule has 3 N–H and O–H groups in total. The van der Waals surface area contributed by atoms with E-state index in [0.717, 1.165) is 8.61 Å². The summed E-state index contributed by atoms with van der Waals surface area (Å²) in [5.74, 6) is -0.173. The SMILES string of the molecule is CC(C(=N)N)N(C)S(=O)(=O)N(C)C. The summed E-state index contributed by atoms with van der Waals surface area (Å²) in [6.45, 7) is 1.56. The van der Waals surface area contributed by atoms with Gasteiger partial charge >= 0.3 is 0 Å². The van der Waals surface area contributed by atoms with Gasteiger partial charge in [-0.1, -0.05) is 0 Å². The molecule has 0 saturated heterocycles. The zero-order chi connectivity index (χ0) is 10.8. The Morgan fingerprint density at radius 1 is 1.38 bits per heavy atom. The van der Waals surface area contributed by atoms with E-state index in [1.54, 1.807) is 6.92 Å². The maximum absolute atomic E-state index is 11.5. The van der Waals surface area contributed by atoms with Crippen LogP contribution in [-0.4, -0.2) is 50.0 Å². The van der Waals surface area contributed by atoms with Crippen LogP contribution in [0.5, 0.6) is 0 Å². The lowest BCUT2D eigenvalue weighted by molar-refractivity contribution is 0.402. The van der Waals surface area contributed by atoms with Crippen LogP contribution in [0.25, 0.3) is 0 Å². The standard InChI is InChI=1S/C6H16N4O2S/c1-5(6(7)8)10(4)13(11,12)9(2)3/h5H,1-4H3,(H3,7,8). The molecule has 0 aromatic carbocycles. The minimum absolute atomic E-state index is 0.173. The van der Waals surface area contributed by atoms with Crippen molar-refractivity contribution in [2.75, 3.05) is 21.1 Å². The first-order valence-corrected chi connectivity index (χ1v) is 5.10. The molecule has 13 heavy (non-hydrogen) atoms. The molecule has 0 radical (unpaired) electrons. The van der Waals surface area contributed by atoms with Gasteiger partial charge in [-0.25, -0.2) is 0 Å². The second kappa shape index (κ2) is 4.03. The quantitative estimate of drug-likeness (QED) is 0.461. The predicted molar refractivity (Wildman–Crippen MR) is 51.7 cm³/mol. The van der Waals surface area contributed by atoms with Crippen LogP contribution in [0.3, 0.4) is 0 Å². The molecule has 0 spiro atoms. The molecule has 0 aliphatic heterocycles. The van der Waals surface area contributed by atoms with Crippen molar-refractivity contribution in [3.05, 3.63) is 0 Å². The zero-order valence-corrected chi connectivity index (χ0v) is 9.09. The lowest BCUT2D eigenvalue weighted by atomic mass is 10.3. The second-order valence-corrected chi connectivity index (χ2v) is 5.14. The van der Waals surface area contributed by atoms with Crippen molar-refractivity contribution in [3.8, 4) is 0 Å². The van der Waals surface area contributed by atoms with Gasteiger partial charge in [0.25, 0.3) is 10.2 Å². The molecule has 0 saturated carbocycles. The molecule has 0 bridgehead atoms. The first-order chi connectivity index (χ1) is 5.71. The van der Waals surface area contributed by atoms with Crippen molar-refractivity contribution >= 4 is 16.0 Å². The molecule has 0 rings (SSSR count). The zero-order valence-electron chi connectivity index (χ0n) is 8.27. The number of nitrogens with two attached hydrogens (primary N) is 1. The number of hydrogen-bond acceptors (Lipinski definition) is 3. The van der Waals surface area contributed by atoms with Crippen LogP contribution in [0.2, 0.25) is 0 Å². The van der Waals surface area contributed by atoms with Crippen LogP contribution in [0.4, 0.5) is 0 Å². The van der Waals surface area contributed by atoms with E-state index in [1.807, 2.05) is 0 Å². The van der Waals surface area contributed by atoms with E-state index in [9.17, 15) is 8.42 Å². The fraction of sp³-hybridized carbons (Fsp3) is 0.833. The maximum Gasteiger partial charge on any atom is 0.281 e. The fourth-order valence-corrected chi connectivity index (χ4v) is 1.68. The van der Waals surface area contributed by atoms with Crippen molar-refractivity contribution in [2.24, 2.45) is 5.73 Å². The molecule has 1 unspecified atom stereocenters. The molecule has 0 heterocycles. The molecular weight excluding hydrogens is 192 g/mol. The van der Waals surface area contributed by atoms with Crippen molar-refractivity contribution in [3.63, 3.8) is 0 Å². The van der Waals surface area contributed by atoms with Gasteiger partial charge in [0.05, 0.1) is 6.04 Å². The minimum Gasteiger partial charge on any atom is -0.386 e. The van der Waals surface area contributed by atoms with Gasteiger partial charge < -0.3 is 5.73 Å². The lowest BCUT2D eigenvalue weighted by Crippen LogP contribution is -2.47. The Labute approximate surface area is 79.0 Å². The molecule has 0 aliphatic rings. The van der Waals surface area contributed by atoms with Gasteiger partial charge in [0.2, 0.25) is 0 Å². The van der Waals surface area contributed by atoms with Gasteiger partial charge in [0.15, 0.2) is 0 Å². The van der Waals surface area contributed by atoms with Crippen molar-refractivity contribution < 1.29 is 8.42 Å². The van der Waals surface area contributed by atoms with Gasteiger partial charge in [-0.05, 0) is 6.92 Å². The molecule has 1 atom stereocenters. The Morgan fingerprint density at radius 2 is 1.77 bits per heavy atom. The summed E-state index contributed by atoms with van der Waals surface area (Å²) in [7, 11) is 0.773. The van der Waals surface area contributed by atoms with E-state index in [0.29, 0.717) is 0 Å². The van der Waals surface area contributed by atoms with Crippen LogP contribution in [0, 0.1) is 5.41 Å². The van der Waals surface area contributed by atoms with Gasteiger partial charge in [0, 0.05) is 21.1 Å². The van der Waals surface area contributed by atoms with E-state index >= 15 is 0 Å². The molecule has 7 heteroatoms. The van der Waals surface area contributed by atoms with Gasteiger partial charge in [-0.2, -0.15) is 17.0 Å². The highest BCUT2D eigenvalue weighted by Crippen LogP contribution is 2.05. The normalized spacial score (nSPS) is 14.9. The average molecular weight is 208 g/mol. The summed E-state index contributed by atoms with van der Waals surface area (Å²) in [5, 5.41) is 7.10.